The van der Waals surface area contributed by atoms with E-state index in [0.29, 0.717) is 16.9 Å². The van der Waals surface area contributed by atoms with Gasteiger partial charge in [0.25, 0.3) is 5.91 Å². The van der Waals surface area contributed by atoms with Crippen LogP contribution in [0.2, 0.25) is 0 Å². The van der Waals surface area contributed by atoms with Gasteiger partial charge in [-0.1, -0.05) is 49.4 Å². The second-order valence-corrected chi connectivity index (χ2v) is 6.32. The highest BCUT2D eigenvalue weighted by Crippen LogP contribution is 2.17. The van der Waals surface area contributed by atoms with Gasteiger partial charge < -0.3 is 16.0 Å². The minimum atomic E-state index is -0.273. The zero-order valence-corrected chi connectivity index (χ0v) is 15.7. The minimum absolute atomic E-state index is 0.111. The van der Waals surface area contributed by atoms with Crippen molar-refractivity contribution in [2.45, 2.75) is 13.3 Å². The summed E-state index contributed by atoms with van der Waals surface area (Å²) in [5.74, 6) is -0.496. The normalized spacial score (nSPS) is 10.2. The first-order valence-electron chi connectivity index (χ1n) is 9.24. The lowest BCUT2D eigenvalue weighted by Gasteiger charge is -2.12. The van der Waals surface area contributed by atoms with Crippen molar-refractivity contribution in [1.29, 1.82) is 0 Å². The molecule has 0 unspecified atom stereocenters. The van der Waals surface area contributed by atoms with Crippen molar-refractivity contribution in [1.82, 2.24) is 0 Å². The number of amides is 2. The number of hydrogen-bond donors (Lipinski definition) is 3. The molecule has 0 atom stereocenters. The molecule has 3 rings (SSSR count). The van der Waals surface area contributed by atoms with Gasteiger partial charge >= 0.3 is 0 Å². The Kier molecular flexibility index (Phi) is 6.41. The Bertz CT molecular complexity index is 938. The Morgan fingerprint density at radius 3 is 2.14 bits per heavy atom. The molecule has 0 saturated carbocycles. The Morgan fingerprint density at radius 1 is 0.750 bits per heavy atom. The van der Waals surface area contributed by atoms with E-state index in [-0.39, 0.29) is 18.4 Å². The summed E-state index contributed by atoms with van der Waals surface area (Å²) >= 11 is 0. The van der Waals surface area contributed by atoms with Gasteiger partial charge in [0.15, 0.2) is 0 Å². The lowest BCUT2D eigenvalue weighted by Crippen LogP contribution is -2.23. The van der Waals surface area contributed by atoms with Crippen molar-refractivity contribution in [2.75, 3.05) is 22.5 Å². The van der Waals surface area contributed by atoms with E-state index in [4.69, 9.17) is 0 Å². The molecule has 142 valence electrons. The largest absolute Gasteiger partial charge is 0.376 e. The van der Waals surface area contributed by atoms with Gasteiger partial charge in [-0.3, -0.25) is 9.59 Å². The summed E-state index contributed by atoms with van der Waals surface area (Å²) < 4.78 is 0. The molecule has 0 heterocycles. The number of carbonyl (C=O) groups excluding carboxylic acids is 2. The van der Waals surface area contributed by atoms with E-state index < -0.39 is 0 Å². The fraction of sp³-hybridized carbons (Fsp3) is 0.130. The molecule has 0 aliphatic rings. The monoisotopic (exact) mass is 373 g/mol. The molecule has 0 fully saturated rings. The molecule has 5 heteroatoms. The number of benzene rings is 3. The van der Waals surface area contributed by atoms with Crippen molar-refractivity contribution in [2.24, 2.45) is 0 Å². The van der Waals surface area contributed by atoms with Gasteiger partial charge in [-0.15, -0.1) is 0 Å². The zero-order chi connectivity index (χ0) is 19.8. The molecule has 5 nitrogen and oxygen atoms in total. The molecule has 3 aromatic rings. The van der Waals surface area contributed by atoms with Crippen LogP contribution in [-0.4, -0.2) is 18.4 Å². The predicted molar refractivity (Wildman–Crippen MR) is 114 cm³/mol. The fourth-order valence-corrected chi connectivity index (χ4v) is 2.75. The van der Waals surface area contributed by atoms with Crippen LogP contribution in [-0.2, 0) is 11.2 Å². The third-order valence-electron chi connectivity index (χ3n) is 4.29. The van der Waals surface area contributed by atoms with Crippen LogP contribution >= 0.6 is 0 Å². The van der Waals surface area contributed by atoms with Crippen LogP contribution in [0.3, 0.4) is 0 Å². The molecule has 3 N–H and O–H groups in total. The van der Waals surface area contributed by atoms with Crippen LogP contribution in [0.5, 0.6) is 0 Å². The summed E-state index contributed by atoms with van der Waals surface area (Å²) in [5.41, 5.74) is 3.71. The van der Waals surface area contributed by atoms with Crippen molar-refractivity contribution >= 4 is 28.9 Å². The first-order valence-corrected chi connectivity index (χ1v) is 9.24. The van der Waals surface area contributed by atoms with Crippen LogP contribution in [0.4, 0.5) is 17.1 Å². The van der Waals surface area contributed by atoms with E-state index >= 15 is 0 Å². The summed E-state index contributed by atoms with van der Waals surface area (Å²) in [6.45, 7) is 2.21. The molecule has 0 spiro atoms. The van der Waals surface area contributed by atoms with Gasteiger partial charge in [-0.2, -0.15) is 0 Å². The lowest BCUT2D eigenvalue weighted by atomic mass is 10.1. The molecule has 0 saturated heterocycles. The number of hydrogen-bond acceptors (Lipinski definition) is 3. The maximum absolute atomic E-state index is 12.6. The van der Waals surface area contributed by atoms with E-state index in [2.05, 4.69) is 22.9 Å². The lowest BCUT2D eigenvalue weighted by molar-refractivity contribution is -0.114. The second kappa shape index (κ2) is 9.37. The molecule has 0 bridgehead atoms. The van der Waals surface area contributed by atoms with Gasteiger partial charge in [0.2, 0.25) is 5.91 Å². The first kappa shape index (κ1) is 19.2. The van der Waals surface area contributed by atoms with Crippen molar-refractivity contribution in [3.63, 3.8) is 0 Å². The Balaban J connectivity index is 1.62. The molecule has 28 heavy (non-hydrogen) atoms. The quantitative estimate of drug-likeness (QED) is 0.569. The molecule has 0 aliphatic carbocycles. The van der Waals surface area contributed by atoms with Crippen LogP contribution in [0.15, 0.2) is 78.9 Å². The number of anilines is 3. The van der Waals surface area contributed by atoms with Gasteiger partial charge in [-0.25, -0.2) is 0 Å². The smallest absolute Gasteiger partial charge is 0.257 e. The molecular weight excluding hydrogens is 350 g/mol. The average molecular weight is 373 g/mol. The number of para-hydroxylation sites is 2. The van der Waals surface area contributed by atoms with E-state index in [1.165, 1.54) is 5.56 Å². The van der Waals surface area contributed by atoms with Crippen molar-refractivity contribution < 1.29 is 9.59 Å². The summed E-state index contributed by atoms with van der Waals surface area (Å²) in [5, 5.41) is 8.73. The third kappa shape index (κ3) is 5.20. The van der Waals surface area contributed by atoms with Crippen LogP contribution in [0.1, 0.15) is 22.8 Å². The number of carbonyl (C=O) groups is 2. The standard InChI is InChI=1S/C23H23N3O2/c1-2-17-12-14-18(15-13-17)24-16-22(27)26-21-11-7-6-10-20(21)23(28)25-19-8-4-3-5-9-19/h3-15,24H,2,16H2,1H3,(H,25,28)(H,26,27). The number of aryl methyl sites for hydroxylation is 1. The van der Waals surface area contributed by atoms with Crippen molar-refractivity contribution in [3.05, 3.63) is 90.0 Å². The van der Waals surface area contributed by atoms with Gasteiger partial charge in [0.1, 0.15) is 0 Å². The minimum Gasteiger partial charge on any atom is -0.376 e. The molecule has 0 aliphatic heterocycles. The van der Waals surface area contributed by atoms with Crippen molar-refractivity contribution in [3.8, 4) is 0 Å². The Morgan fingerprint density at radius 2 is 1.43 bits per heavy atom. The Hall–Kier alpha value is -3.60. The van der Waals surface area contributed by atoms with E-state index in [1.54, 1.807) is 24.3 Å². The SMILES string of the molecule is CCc1ccc(NCC(=O)Nc2ccccc2C(=O)Nc2ccccc2)cc1. The molecule has 0 aromatic heterocycles. The summed E-state index contributed by atoms with van der Waals surface area (Å²) in [6.07, 6.45) is 0.975. The first-order chi connectivity index (χ1) is 13.7. The molecule has 0 radical (unpaired) electrons. The second-order valence-electron chi connectivity index (χ2n) is 6.32. The molecular formula is C23H23N3O2. The van der Waals surface area contributed by atoms with Crippen LogP contribution in [0.25, 0.3) is 0 Å². The highest BCUT2D eigenvalue weighted by Gasteiger charge is 2.13. The molecule has 2 amide bonds. The predicted octanol–water partition coefficient (Wildman–Crippen LogP) is 4.55. The van der Waals surface area contributed by atoms with E-state index in [9.17, 15) is 9.59 Å². The summed E-state index contributed by atoms with van der Waals surface area (Å²) in [4.78, 5) is 24.9. The molecule has 3 aromatic carbocycles. The maximum Gasteiger partial charge on any atom is 0.257 e. The van der Waals surface area contributed by atoms with E-state index in [1.807, 2.05) is 54.6 Å². The fourth-order valence-electron chi connectivity index (χ4n) is 2.75. The van der Waals surface area contributed by atoms with E-state index in [0.717, 1.165) is 12.1 Å². The number of nitrogens with one attached hydrogen (secondary N) is 3. The Labute approximate surface area is 164 Å². The van der Waals surface area contributed by atoms with Crippen LogP contribution < -0.4 is 16.0 Å². The summed E-state index contributed by atoms with van der Waals surface area (Å²) in [7, 11) is 0. The summed E-state index contributed by atoms with van der Waals surface area (Å²) in [6, 6.07) is 24.1. The maximum atomic E-state index is 12.6. The third-order valence-corrected chi connectivity index (χ3v) is 4.29. The van der Waals surface area contributed by atoms with Gasteiger partial charge in [-0.05, 0) is 48.4 Å². The van der Waals surface area contributed by atoms with Gasteiger partial charge in [0, 0.05) is 11.4 Å². The highest BCUT2D eigenvalue weighted by molar-refractivity contribution is 6.10. The van der Waals surface area contributed by atoms with Crippen LogP contribution in [0, 0.1) is 0 Å². The van der Waals surface area contributed by atoms with Gasteiger partial charge in [0.05, 0.1) is 17.8 Å². The zero-order valence-electron chi connectivity index (χ0n) is 15.7. The topological polar surface area (TPSA) is 70.2 Å². The highest BCUT2D eigenvalue weighted by atomic mass is 16.2. The number of rotatable bonds is 7. The average Bonchev–Trinajstić information content (AvgIpc) is 2.73.